The number of aryl methyl sites for hydroxylation is 2. The molecule has 1 aromatic heterocycles. The molecule has 0 aliphatic rings. The fraction of sp³-hybridized carbons (Fsp3) is 0.455. The molecule has 0 bridgehead atoms. The molecule has 15 heavy (non-hydrogen) atoms. The van der Waals surface area contributed by atoms with Gasteiger partial charge in [-0.2, -0.15) is 5.10 Å². The van der Waals surface area contributed by atoms with Crippen LogP contribution >= 0.6 is 0 Å². The van der Waals surface area contributed by atoms with Crippen LogP contribution in [-0.4, -0.2) is 21.2 Å². The fourth-order valence-electron chi connectivity index (χ4n) is 1.21. The van der Waals surface area contributed by atoms with Crippen LogP contribution in [-0.2, 0) is 7.05 Å². The van der Waals surface area contributed by atoms with Crippen LogP contribution in [0, 0.1) is 19.3 Å². The summed E-state index contributed by atoms with van der Waals surface area (Å²) in [7, 11) is 1.73. The second-order valence-corrected chi connectivity index (χ2v) is 4.02. The van der Waals surface area contributed by atoms with E-state index in [0.29, 0.717) is 5.69 Å². The van der Waals surface area contributed by atoms with E-state index < -0.39 is 5.54 Å². The smallest absolute Gasteiger partial charge is 0.270 e. The summed E-state index contributed by atoms with van der Waals surface area (Å²) in [6.45, 7) is 5.38. The molecule has 0 aromatic carbocycles. The van der Waals surface area contributed by atoms with Crippen molar-refractivity contribution < 1.29 is 4.79 Å². The van der Waals surface area contributed by atoms with Crippen LogP contribution in [0.25, 0.3) is 0 Å². The van der Waals surface area contributed by atoms with Crippen molar-refractivity contribution in [2.24, 2.45) is 7.05 Å². The molecule has 0 unspecified atom stereocenters. The van der Waals surface area contributed by atoms with Crippen molar-refractivity contribution >= 4 is 5.91 Å². The van der Waals surface area contributed by atoms with E-state index in [1.807, 2.05) is 6.92 Å². The Hall–Kier alpha value is -1.76. The third kappa shape index (κ3) is 2.59. The Balaban J connectivity index is 2.88. The molecular formula is C11H15N3O. The van der Waals surface area contributed by atoms with E-state index in [2.05, 4.69) is 16.3 Å². The molecule has 0 atom stereocenters. The van der Waals surface area contributed by atoms with Crippen LogP contribution in [0.3, 0.4) is 0 Å². The van der Waals surface area contributed by atoms with Gasteiger partial charge in [0.15, 0.2) is 0 Å². The maximum atomic E-state index is 11.8. The average molecular weight is 205 g/mol. The first kappa shape index (κ1) is 11.3. The molecule has 1 rings (SSSR count). The minimum atomic E-state index is -0.644. The van der Waals surface area contributed by atoms with Crippen molar-refractivity contribution in [3.05, 3.63) is 17.5 Å². The van der Waals surface area contributed by atoms with E-state index >= 15 is 0 Å². The van der Waals surface area contributed by atoms with Crippen molar-refractivity contribution in [2.45, 2.75) is 26.3 Å². The van der Waals surface area contributed by atoms with E-state index in [0.717, 1.165) is 5.69 Å². The Bertz CT molecular complexity index is 424. The van der Waals surface area contributed by atoms with Gasteiger partial charge in [0.25, 0.3) is 5.91 Å². The van der Waals surface area contributed by atoms with Crippen LogP contribution < -0.4 is 5.32 Å². The zero-order valence-electron chi connectivity index (χ0n) is 9.46. The van der Waals surface area contributed by atoms with Crippen molar-refractivity contribution in [3.8, 4) is 12.3 Å². The van der Waals surface area contributed by atoms with Gasteiger partial charge in [0.05, 0.1) is 11.2 Å². The van der Waals surface area contributed by atoms with E-state index in [-0.39, 0.29) is 5.91 Å². The van der Waals surface area contributed by atoms with Crippen molar-refractivity contribution in [1.82, 2.24) is 15.1 Å². The Labute approximate surface area is 89.7 Å². The first-order valence-corrected chi connectivity index (χ1v) is 4.66. The second kappa shape index (κ2) is 3.77. The molecule has 80 valence electrons. The molecule has 0 saturated heterocycles. The summed E-state index contributed by atoms with van der Waals surface area (Å²) in [6, 6.07) is 1.72. The van der Waals surface area contributed by atoms with Crippen molar-refractivity contribution in [3.63, 3.8) is 0 Å². The van der Waals surface area contributed by atoms with Crippen molar-refractivity contribution in [1.29, 1.82) is 0 Å². The van der Waals surface area contributed by atoms with Gasteiger partial charge < -0.3 is 5.32 Å². The van der Waals surface area contributed by atoms with E-state index in [1.54, 1.807) is 27.0 Å². The largest absolute Gasteiger partial charge is 0.335 e. The first-order valence-electron chi connectivity index (χ1n) is 4.66. The zero-order valence-corrected chi connectivity index (χ0v) is 9.46. The third-order valence-electron chi connectivity index (χ3n) is 2.02. The van der Waals surface area contributed by atoms with E-state index in [9.17, 15) is 4.79 Å². The third-order valence-corrected chi connectivity index (χ3v) is 2.02. The molecule has 1 amide bonds. The van der Waals surface area contributed by atoms with Crippen LogP contribution in [0.15, 0.2) is 6.07 Å². The summed E-state index contributed by atoms with van der Waals surface area (Å²) in [5.74, 6) is 2.30. The summed E-state index contributed by atoms with van der Waals surface area (Å²) in [5.41, 5.74) is 0.673. The number of hydrogen-bond donors (Lipinski definition) is 1. The predicted molar refractivity (Wildman–Crippen MR) is 58.3 cm³/mol. The van der Waals surface area contributed by atoms with Gasteiger partial charge in [0, 0.05) is 7.05 Å². The van der Waals surface area contributed by atoms with Gasteiger partial charge in [0.1, 0.15) is 5.69 Å². The van der Waals surface area contributed by atoms with Crippen LogP contribution in [0.1, 0.15) is 30.0 Å². The number of carbonyl (C=O) groups excluding carboxylic acids is 1. The maximum Gasteiger partial charge on any atom is 0.270 e. The highest BCUT2D eigenvalue weighted by Gasteiger charge is 2.20. The summed E-state index contributed by atoms with van der Waals surface area (Å²) in [5, 5.41) is 6.83. The van der Waals surface area contributed by atoms with Gasteiger partial charge in [-0.15, -0.1) is 6.42 Å². The highest BCUT2D eigenvalue weighted by Crippen LogP contribution is 2.05. The Morgan fingerprint density at radius 2 is 2.27 bits per heavy atom. The highest BCUT2D eigenvalue weighted by molar-refractivity contribution is 5.93. The van der Waals surface area contributed by atoms with E-state index in [1.165, 1.54) is 4.68 Å². The lowest BCUT2D eigenvalue weighted by molar-refractivity contribution is 0.0920. The summed E-state index contributed by atoms with van der Waals surface area (Å²) < 4.78 is 1.54. The normalized spacial score (nSPS) is 10.9. The molecule has 4 heteroatoms. The average Bonchev–Trinajstić information content (AvgIpc) is 2.45. The number of nitrogens with one attached hydrogen (secondary N) is 1. The lowest BCUT2D eigenvalue weighted by Gasteiger charge is -2.19. The molecule has 4 nitrogen and oxygen atoms in total. The molecular weight excluding hydrogens is 190 g/mol. The fourth-order valence-corrected chi connectivity index (χ4v) is 1.21. The molecule has 0 aliphatic heterocycles. The van der Waals surface area contributed by atoms with Gasteiger partial charge in [-0.05, 0) is 26.8 Å². The van der Waals surface area contributed by atoms with Gasteiger partial charge in [0.2, 0.25) is 0 Å². The van der Waals surface area contributed by atoms with Crippen LogP contribution in [0.4, 0.5) is 0 Å². The lowest BCUT2D eigenvalue weighted by atomic mass is 10.1. The number of nitrogens with zero attached hydrogens (tertiary/aromatic N) is 2. The SMILES string of the molecule is C#CC(C)(C)NC(=O)c1cc(C)nn1C. The standard InChI is InChI=1S/C11H15N3O/c1-6-11(3,4)12-10(15)9-7-8(2)13-14(9)5/h1,7H,2-5H3,(H,12,15). The maximum absolute atomic E-state index is 11.8. The number of amides is 1. The van der Waals surface area contributed by atoms with Gasteiger partial charge in [-0.3, -0.25) is 9.48 Å². The van der Waals surface area contributed by atoms with Crippen LogP contribution in [0.2, 0.25) is 0 Å². The molecule has 1 heterocycles. The molecule has 0 spiro atoms. The molecule has 0 radical (unpaired) electrons. The Morgan fingerprint density at radius 1 is 1.67 bits per heavy atom. The highest BCUT2D eigenvalue weighted by atomic mass is 16.2. The topological polar surface area (TPSA) is 46.9 Å². The number of terminal acetylenes is 1. The summed E-state index contributed by atoms with van der Waals surface area (Å²) in [6.07, 6.45) is 5.29. The first-order chi connectivity index (χ1) is 6.85. The number of hydrogen-bond acceptors (Lipinski definition) is 2. The Morgan fingerprint density at radius 3 is 2.67 bits per heavy atom. The lowest BCUT2D eigenvalue weighted by Crippen LogP contribution is -2.42. The summed E-state index contributed by atoms with van der Waals surface area (Å²) in [4.78, 5) is 11.8. The minimum Gasteiger partial charge on any atom is -0.335 e. The molecule has 0 saturated carbocycles. The van der Waals surface area contributed by atoms with Gasteiger partial charge in [-0.25, -0.2) is 0 Å². The number of carbonyl (C=O) groups is 1. The minimum absolute atomic E-state index is 0.207. The quantitative estimate of drug-likeness (QED) is 0.728. The zero-order chi connectivity index (χ0) is 11.6. The molecule has 0 fully saturated rings. The van der Waals surface area contributed by atoms with E-state index in [4.69, 9.17) is 6.42 Å². The van der Waals surface area contributed by atoms with Crippen molar-refractivity contribution in [2.75, 3.05) is 0 Å². The molecule has 1 aromatic rings. The number of rotatable bonds is 2. The molecule has 0 aliphatic carbocycles. The Kier molecular flexibility index (Phi) is 2.85. The van der Waals surface area contributed by atoms with Gasteiger partial charge >= 0.3 is 0 Å². The second-order valence-electron chi connectivity index (χ2n) is 4.02. The monoisotopic (exact) mass is 205 g/mol. The van der Waals surface area contributed by atoms with Crippen LogP contribution in [0.5, 0.6) is 0 Å². The summed E-state index contributed by atoms with van der Waals surface area (Å²) >= 11 is 0. The van der Waals surface area contributed by atoms with Gasteiger partial charge in [-0.1, -0.05) is 5.92 Å². The number of aromatic nitrogens is 2. The molecule has 1 N–H and O–H groups in total. The predicted octanol–water partition coefficient (Wildman–Crippen LogP) is 0.870.